The van der Waals surface area contributed by atoms with Gasteiger partial charge in [-0.1, -0.05) is 6.07 Å². The third-order valence-corrected chi connectivity index (χ3v) is 6.95. The number of piperidine rings is 1. The average Bonchev–Trinajstić information content (AvgIpc) is 2.99. The van der Waals surface area contributed by atoms with Gasteiger partial charge in [0.15, 0.2) is 6.61 Å². The Morgan fingerprint density at radius 3 is 2.45 bits per heavy atom. The second-order valence-electron chi connectivity index (χ2n) is 9.82. The smallest absolute Gasteiger partial charge is 0.343 e. The SMILES string of the molecule is COCCN1CCC(c2cc(CN(C)C(=O)c3cccc(Oc4ccc(OCC(=O)OC)cc4)c3)ccn2)CC1. The molecule has 4 rings (SSSR count). The molecule has 0 saturated carbocycles. The van der Waals surface area contributed by atoms with Crippen LogP contribution in [0, 0.1) is 0 Å². The lowest BCUT2D eigenvalue weighted by atomic mass is 9.92. The summed E-state index contributed by atoms with van der Waals surface area (Å²) in [4.78, 5) is 33.3. The van der Waals surface area contributed by atoms with Crippen molar-refractivity contribution >= 4 is 11.9 Å². The maximum absolute atomic E-state index is 13.2. The van der Waals surface area contributed by atoms with Gasteiger partial charge in [-0.25, -0.2) is 4.79 Å². The van der Waals surface area contributed by atoms with Crippen LogP contribution in [0.1, 0.15) is 40.4 Å². The van der Waals surface area contributed by atoms with Gasteiger partial charge >= 0.3 is 5.97 Å². The number of pyridine rings is 1. The number of carbonyl (C=O) groups is 2. The number of hydrogen-bond donors (Lipinski definition) is 0. The molecule has 212 valence electrons. The van der Waals surface area contributed by atoms with Crippen molar-refractivity contribution in [2.24, 2.45) is 0 Å². The molecule has 2 heterocycles. The van der Waals surface area contributed by atoms with E-state index in [2.05, 4.69) is 20.7 Å². The van der Waals surface area contributed by atoms with Crippen LogP contribution in [0.5, 0.6) is 17.2 Å². The van der Waals surface area contributed by atoms with Gasteiger partial charge in [-0.3, -0.25) is 9.78 Å². The predicted molar refractivity (Wildman–Crippen MR) is 151 cm³/mol. The monoisotopic (exact) mass is 547 g/mol. The van der Waals surface area contributed by atoms with Gasteiger partial charge in [0.25, 0.3) is 5.91 Å². The number of nitrogens with zero attached hydrogens (tertiary/aromatic N) is 3. The standard InChI is InChI=1S/C31H37N3O6/c1-33(21-23-11-14-32-29(19-23)24-12-15-34(16-13-24)17-18-37-2)31(36)25-5-4-6-28(20-25)40-27-9-7-26(8-10-27)39-22-30(35)38-3/h4-11,14,19-20,24H,12-13,15-18,21-22H2,1-3H3. The van der Waals surface area contributed by atoms with Crippen LogP contribution < -0.4 is 9.47 Å². The molecular formula is C31H37N3O6. The molecule has 40 heavy (non-hydrogen) atoms. The number of aromatic nitrogens is 1. The van der Waals surface area contributed by atoms with Gasteiger partial charge in [-0.15, -0.1) is 0 Å². The van der Waals surface area contributed by atoms with Gasteiger partial charge in [-0.05, 0) is 86.1 Å². The molecule has 3 aromatic rings. The second-order valence-corrected chi connectivity index (χ2v) is 9.82. The van der Waals surface area contributed by atoms with Crippen molar-refractivity contribution in [2.75, 3.05) is 54.1 Å². The maximum Gasteiger partial charge on any atom is 0.343 e. The summed E-state index contributed by atoms with van der Waals surface area (Å²) in [7, 11) is 4.85. The van der Waals surface area contributed by atoms with Gasteiger partial charge in [0, 0.05) is 50.6 Å². The Labute approximate surface area is 235 Å². The molecule has 9 nitrogen and oxygen atoms in total. The molecule has 9 heteroatoms. The Hall–Kier alpha value is -3.95. The number of ether oxygens (including phenoxy) is 4. The molecule has 1 aliphatic heterocycles. The summed E-state index contributed by atoms with van der Waals surface area (Å²) in [5, 5.41) is 0. The molecular weight excluding hydrogens is 510 g/mol. The van der Waals surface area contributed by atoms with E-state index in [9.17, 15) is 9.59 Å². The van der Waals surface area contributed by atoms with Crippen molar-refractivity contribution in [3.63, 3.8) is 0 Å². The van der Waals surface area contributed by atoms with E-state index in [0.717, 1.165) is 50.3 Å². The van der Waals surface area contributed by atoms with Crippen molar-refractivity contribution in [3.05, 3.63) is 83.7 Å². The normalized spacial score (nSPS) is 14.0. The number of hydrogen-bond acceptors (Lipinski definition) is 8. The third kappa shape index (κ3) is 8.27. The summed E-state index contributed by atoms with van der Waals surface area (Å²) >= 11 is 0. The minimum absolute atomic E-state index is 0.0955. The summed E-state index contributed by atoms with van der Waals surface area (Å²) in [5.41, 5.74) is 2.70. The van der Waals surface area contributed by atoms with E-state index in [-0.39, 0.29) is 12.5 Å². The molecule has 0 aliphatic carbocycles. The number of likely N-dealkylation sites (tertiary alicyclic amines) is 1. The van der Waals surface area contributed by atoms with Gasteiger partial charge in [0.2, 0.25) is 0 Å². The van der Waals surface area contributed by atoms with Crippen molar-refractivity contribution < 1.29 is 28.5 Å². The molecule has 2 aromatic carbocycles. The minimum Gasteiger partial charge on any atom is -0.482 e. The van der Waals surface area contributed by atoms with E-state index in [1.807, 2.05) is 12.3 Å². The summed E-state index contributed by atoms with van der Waals surface area (Å²) in [6.45, 7) is 4.14. The lowest BCUT2D eigenvalue weighted by Crippen LogP contribution is -2.35. The van der Waals surface area contributed by atoms with Crippen LogP contribution in [0.15, 0.2) is 66.9 Å². The number of methoxy groups -OCH3 is 2. The number of benzene rings is 2. The molecule has 1 amide bonds. The molecule has 1 aliphatic rings. The molecule has 1 aromatic heterocycles. The van der Waals surface area contributed by atoms with Gasteiger partial charge in [-0.2, -0.15) is 0 Å². The van der Waals surface area contributed by atoms with Crippen molar-refractivity contribution in [2.45, 2.75) is 25.3 Å². The highest BCUT2D eigenvalue weighted by Gasteiger charge is 2.22. The Bertz CT molecular complexity index is 1260. The predicted octanol–water partition coefficient (Wildman–Crippen LogP) is 4.52. The van der Waals surface area contributed by atoms with Gasteiger partial charge in [0.1, 0.15) is 17.2 Å². The lowest BCUT2D eigenvalue weighted by molar-refractivity contribution is -0.142. The van der Waals surface area contributed by atoms with E-state index in [4.69, 9.17) is 14.2 Å². The zero-order chi connectivity index (χ0) is 28.3. The van der Waals surface area contributed by atoms with Crippen LogP contribution in [-0.4, -0.2) is 80.8 Å². The molecule has 0 bridgehead atoms. The highest BCUT2D eigenvalue weighted by atomic mass is 16.6. The van der Waals surface area contributed by atoms with Crippen LogP contribution in [0.25, 0.3) is 0 Å². The average molecular weight is 548 g/mol. The number of esters is 1. The Kier molecular flexibility index (Phi) is 10.5. The summed E-state index contributed by atoms with van der Waals surface area (Å²) in [5.74, 6) is 1.53. The van der Waals surface area contributed by atoms with E-state index in [1.165, 1.54) is 7.11 Å². The quantitative estimate of drug-likeness (QED) is 0.306. The zero-order valence-electron chi connectivity index (χ0n) is 23.4. The summed E-state index contributed by atoms with van der Waals surface area (Å²) < 4.78 is 21.1. The molecule has 0 N–H and O–H groups in total. The maximum atomic E-state index is 13.2. The fraction of sp³-hybridized carbons (Fsp3) is 0.387. The highest BCUT2D eigenvalue weighted by Crippen LogP contribution is 2.28. The number of amides is 1. The highest BCUT2D eigenvalue weighted by molar-refractivity contribution is 5.94. The molecule has 0 unspecified atom stereocenters. The van der Waals surface area contributed by atoms with Crippen LogP contribution in [-0.2, 0) is 20.8 Å². The van der Waals surface area contributed by atoms with Gasteiger partial charge in [0.05, 0.1) is 13.7 Å². The Balaban J connectivity index is 1.32. The topological polar surface area (TPSA) is 90.4 Å². The second kappa shape index (κ2) is 14.4. The van der Waals surface area contributed by atoms with Crippen molar-refractivity contribution in [3.8, 4) is 17.2 Å². The first-order valence-corrected chi connectivity index (χ1v) is 13.4. The first kappa shape index (κ1) is 29.0. The van der Waals surface area contributed by atoms with E-state index in [1.54, 1.807) is 67.6 Å². The van der Waals surface area contributed by atoms with Gasteiger partial charge < -0.3 is 28.7 Å². The Morgan fingerprint density at radius 2 is 1.73 bits per heavy atom. The molecule has 1 saturated heterocycles. The van der Waals surface area contributed by atoms with E-state index < -0.39 is 5.97 Å². The first-order chi connectivity index (χ1) is 19.4. The molecule has 1 fully saturated rings. The van der Waals surface area contributed by atoms with Crippen LogP contribution in [0.3, 0.4) is 0 Å². The fourth-order valence-corrected chi connectivity index (χ4v) is 4.69. The first-order valence-electron chi connectivity index (χ1n) is 13.4. The van der Waals surface area contributed by atoms with Crippen LogP contribution in [0.4, 0.5) is 0 Å². The summed E-state index contributed by atoms with van der Waals surface area (Å²) in [6.07, 6.45) is 4.00. The van der Waals surface area contributed by atoms with E-state index in [0.29, 0.717) is 35.3 Å². The van der Waals surface area contributed by atoms with Crippen LogP contribution >= 0.6 is 0 Å². The van der Waals surface area contributed by atoms with Crippen LogP contribution in [0.2, 0.25) is 0 Å². The number of rotatable bonds is 12. The van der Waals surface area contributed by atoms with Crippen molar-refractivity contribution in [1.29, 1.82) is 0 Å². The summed E-state index contributed by atoms with van der Waals surface area (Å²) in [6, 6.07) is 18.1. The largest absolute Gasteiger partial charge is 0.482 e. The lowest BCUT2D eigenvalue weighted by Gasteiger charge is -2.31. The zero-order valence-corrected chi connectivity index (χ0v) is 23.4. The third-order valence-electron chi connectivity index (χ3n) is 6.95. The van der Waals surface area contributed by atoms with E-state index >= 15 is 0 Å². The number of carbonyl (C=O) groups excluding carboxylic acids is 2. The molecule has 0 spiro atoms. The Morgan fingerprint density at radius 1 is 0.975 bits per heavy atom. The van der Waals surface area contributed by atoms with Crippen molar-refractivity contribution in [1.82, 2.24) is 14.8 Å². The molecule has 0 atom stereocenters. The fourth-order valence-electron chi connectivity index (χ4n) is 4.69. The molecule has 0 radical (unpaired) electrons. The minimum atomic E-state index is -0.453.